The fraction of sp³-hybridized carbons (Fsp3) is 0.500. The first kappa shape index (κ1) is 15.0. The molecule has 0 aliphatic carbocycles. The molecule has 0 unspecified atom stereocenters. The van der Waals surface area contributed by atoms with Crippen LogP contribution in [0, 0.1) is 0 Å². The standard InChI is InChI=1S/C14H21ClN2O/c1-2-3-4-5-8-17-10-12-7-6-11(14(16)18)9-13(12)15/h6-7,9,17H,2-5,8,10H2,1H3,(H2,16,18). The van der Waals surface area contributed by atoms with Crippen molar-refractivity contribution in [1.82, 2.24) is 5.32 Å². The summed E-state index contributed by atoms with van der Waals surface area (Å²) in [5.74, 6) is -0.448. The second-order valence-corrected chi connectivity index (χ2v) is 4.82. The summed E-state index contributed by atoms with van der Waals surface area (Å²) < 4.78 is 0. The number of nitrogens with one attached hydrogen (secondary N) is 1. The number of unbranched alkanes of at least 4 members (excludes halogenated alkanes) is 3. The van der Waals surface area contributed by atoms with E-state index in [4.69, 9.17) is 17.3 Å². The second-order valence-electron chi connectivity index (χ2n) is 4.41. The average Bonchev–Trinajstić information content (AvgIpc) is 2.35. The molecule has 0 aliphatic heterocycles. The molecule has 0 aliphatic rings. The van der Waals surface area contributed by atoms with E-state index >= 15 is 0 Å². The number of benzene rings is 1. The number of carbonyl (C=O) groups is 1. The Labute approximate surface area is 114 Å². The molecule has 0 aromatic heterocycles. The van der Waals surface area contributed by atoms with Crippen molar-refractivity contribution in [2.45, 2.75) is 39.2 Å². The Balaban J connectivity index is 2.36. The normalized spacial score (nSPS) is 10.6. The first-order valence-corrected chi connectivity index (χ1v) is 6.82. The highest BCUT2D eigenvalue weighted by Crippen LogP contribution is 2.17. The summed E-state index contributed by atoms with van der Waals surface area (Å²) in [5, 5.41) is 3.94. The molecule has 1 aromatic carbocycles. The molecule has 3 nitrogen and oxygen atoms in total. The average molecular weight is 269 g/mol. The number of rotatable bonds is 8. The van der Waals surface area contributed by atoms with E-state index in [-0.39, 0.29) is 0 Å². The predicted octanol–water partition coefficient (Wildman–Crippen LogP) is 3.11. The highest BCUT2D eigenvalue weighted by molar-refractivity contribution is 6.31. The van der Waals surface area contributed by atoms with Crippen molar-refractivity contribution in [2.24, 2.45) is 5.73 Å². The third-order valence-corrected chi connectivity index (χ3v) is 3.21. The predicted molar refractivity (Wildman–Crippen MR) is 75.8 cm³/mol. The molecule has 1 aromatic rings. The van der Waals surface area contributed by atoms with Crippen molar-refractivity contribution in [3.63, 3.8) is 0 Å². The van der Waals surface area contributed by atoms with E-state index in [9.17, 15) is 4.79 Å². The molecule has 100 valence electrons. The summed E-state index contributed by atoms with van der Waals surface area (Å²) in [7, 11) is 0. The van der Waals surface area contributed by atoms with E-state index in [1.54, 1.807) is 12.1 Å². The van der Waals surface area contributed by atoms with Crippen LogP contribution in [0.25, 0.3) is 0 Å². The van der Waals surface area contributed by atoms with Gasteiger partial charge in [-0.1, -0.05) is 43.9 Å². The largest absolute Gasteiger partial charge is 0.366 e. The Bertz CT molecular complexity index is 393. The number of hydrogen-bond acceptors (Lipinski definition) is 2. The van der Waals surface area contributed by atoms with Crippen molar-refractivity contribution >= 4 is 17.5 Å². The Morgan fingerprint density at radius 1 is 1.33 bits per heavy atom. The van der Waals surface area contributed by atoms with Crippen LogP contribution >= 0.6 is 11.6 Å². The van der Waals surface area contributed by atoms with Crippen molar-refractivity contribution < 1.29 is 4.79 Å². The second kappa shape index (κ2) is 8.11. The topological polar surface area (TPSA) is 55.1 Å². The minimum absolute atomic E-state index is 0.448. The van der Waals surface area contributed by atoms with Gasteiger partial charge in [-0.25, -0.2) is 0 Å². The summed E-state index contributed by atoms with van der Waals surface area (Å²) in [6.45, 7) is 3.92. The maximum atomic E-state index is 11.0. The van der Waals surface area contributed by atoms with E-state index < -0.39 is 5.91 Å². The molecule has 1 rings (SSSR count). The fourth-order valence-corrected chi connectivity index (χ4v) is 1.99. The van der Waals surface area contributed by atoms with Crippen LogP contribution in [0.1, 0.15) is 48.5 Å². The lowest BCUT2D eigenvalue weighted by molar-refractivity contribution is 0.100. The van der Waals surface area contributed by atoms with E-state index in [0.717, 1.165) is 18.7 Å². The van der Waals surface area contributed by atoms with Crippen molar-refractivity contribution in [3.8, 4) is 0 Å². The Hall–Kier alpha value is -1.06. The molecule has 0 fully saturated rings. The summed E-state index contributed by atoms with van der Waals surface area (Å²) >= 11 is 6.09. The summed E-state index contributed by atoms with van der Waals surface area (Å²) in [4.78, 5) is 11.0. The third kappa shape index (κ3) is 5.07. The molecule has 0 saturated heterocycles. The van der Waals surface area contributed by atoms with Gasteiger partial charge in [-0.05, 0) is 30.7 Å². The van der Waals surface area contributed by atoms with Gasteiger partial charge in [0, 0.05) is 17.1 Å². The summed E-state index contributed by atoms with van der Waals surface area (Å²) in [6.07, 6.45) is 4.98. The molecule has 18 heavy (non-hydrogen) atoms. The first-order chi connectivity index (χ1) is 8.65. The zero-order valence-electron chi connectivity index (χ0n) is 10.8. The van der Waals surface area contributed by atoms with Crippen LogP contribution in [0.5, 0.6) is 0 Å². The minimum Gasteiger partial charge on any atom is -0.366 e. The number of nitrogens with two attached hydrogens (primary N) is 1. The van der Waals surface area contributed by atoms with Gasteiger partial charge in [0.15, 0.2) is 0 Å². The van der Waals surface area contributed by atoms with Crippen LogP contribution in [-0.4, -0.2) is 12.5 Å². The number of primary amides is 1. The SMILES string of the molecule is CCCCCCNCc1ccc(C(N)=O)cc1Cl. The van der Waals surface area contributed by atoms with Crippen molar-refractivity contribution in [3.05, 3.63) is 34.3 Å². The smallest absolute Gasteiger partial charge is 0.248 e. The fourth-order valence-electron chi connectivity index (χ4n) is 1.74. The molecule has 4 heteroatoms. The Kier molecular flexibility index (Phi) is 6.76. The molecule has 3 N–H and O–H groups in total. The molecule has 0 bridgehead atoms. The van der Waals surface area contributed by atoms with Crippen LogP contribution in [0.4, 0.5) is 0 Å². The molecule has 1 amide bonds. The number of carbonyl (C=O) groups excluding carboxylic acids is 1. The van der Waals surface area contributed by atoms with E-state index in [1.807, 2.05) is 6.07 Å². The molecule has 0 heterocycles. The molecule has 0 spiro atoms. The van der Waals surface area contributed by atoms with Gasteiger partial charge in [0.2, 0.25) is 5.91 Å². The number of amides is 1. The molecular formula is C14H21ClN2O. The molecule has 0 saturated carbocycles. The molecule has 0 radical (unpaired) electrons. The monoisotopic (exact) mass is 268 g/mol. The lowest BCUT2D eigenvalue weighted by atomic mass is 10.1. The van der Waals surface area contributed by atoms with E-state index in [2.05, 4.69) is 12.2 Å². The minimum atomic E-state index is -0.448. The maximum absolute atomic E-state index is 11.0. The van der Waals surface area contributed by atoms with Gasteiger partial charge in [-0.2, -0.15) is 0 Å². The maximum Gasteiger partial charge on any atom is 0.248 e. The van der Waals surface area contributed by atoms with E-state index in [1.165, 1.54) is 25.7 Å². The zero-order chi connectivity index (χ0) is 13.4. The molecular weight excluding hydrogens is 248 g/mol. The number of halogens is 1. The zero-order valence-corrected chi connectivity index (χ0v) is 11.6. The highest BCUT2D eigenvalue weighted by Gasteiger charge is 2.05. The Morgan fingerprint density at radius 2 is 2.11 bits per heavy atom. The lowest BCUT2D eigenvalue weighted by Crippen LogP contribution is -2.16. The van der Waals surface area contributed by atoms with Crippen LogP contribution < -0.4 is 11.1 Å². The van der Waals surface area contributed by atoms with Crippen LogP contribution in [0.3, 0.4) is 0 Å². The van der Waals surface area contributed by atoms with Gasteiger partial charge in [0.1, 0.15) is 0 Å². The van der Waals surface area contributed by atoms with Gasteiger partial charge >= 0.3 is 0 Å². The van der Waals surface area contributed by atoms with Crippen LogP contribution in [0.2, 0.25) is 5.02 Å². The van der Waals surface area contributed by atoms with Crippen LogP contribution in [0.15, 0.2) is 18.2 Å². The van der Waals surface area contributed by atoms with Crippen molar-refractivity contribution in [2.75, 3.05) is 6.54 Å². The summed E-state index contributed by atoms with van der Waals surface area (Å²) in [5.41, 5.74) is 6.64. The number of hydrogen-bond donors (Lipinski definition) is 2. The first-order valence-electron chi connectivity index (χ1n) is 6.44. The van der Waals surface area contributed by atoms with E-state index in [0.29, 0.717) is 10.6 Å². The van der Waals surface area contributed by atoms with Gasteiger partial charge < -0.3 is 11.1 Å². The van der Waals surface area contributed by atoms with Gasteiger partial charge in [-0.3, -0.25) is 4.79 Å². The Morgan fingerprint density at radius 3 is 2.72 bits per heavy atom. The van der Waals surface area contributed by atoms with Gasteiger partial charge in [0.05, 0.1) is 0 Å². The van der Waals surface area contributed by atoms with Crippen LogP contribution in [-0.2, 0) is 6.54 Å². The lowest BCUT2D eigenvalue weighted by Gasteiger charge is -2.07. The molecule has 0 atom stereocenters. The highest BCUT2D eigenvalue weighted by atomic mass is 35.5. The van der Waals surface area contributed by atoms with Gasteiger partial charge in [-0.15, -0.1) is 0 Å². The summed E-state index contributed by atoms with van der Waals surface area (Å²) in [6, 6.07) is 5.18. The van der Waals surface area contributed by atoms with Crippen molar-refractivity contribution in [1.29, 1.82) is 0 Å². The quantitative estimate of drug-likeness (QED) is 0.712. The van der Waals surface area contributed by atoms with Gasteiger partial charge in [0.25, 0.3) is 0 Å². The third-order valence-electron chi connectivity index (χ3n) is 2.86.